The van der Waals surface area contributed by atoms with Crippen molar-refractivity contribution in [1.82, 2.24) is 14.5 Å². The van der Waals surface area contributed by atoms with Crippen LogP contribution in [-0.4, -0.2) is 19.6 Å². The maximum atomic E-state index is 12.2. The number of rotatable bonds is 5. The van der Waals surface area contributed by atoms with Crippen LogP contribution >= 0.6 is 0 Å². The van der Waals surface area contributed by atoms with Crippen molar-refractivity contribution in [3.05, 3.63) is 169 Å². The average molecular weight is 962 g/mol. The first kappa shape index (κ1) is 39.2. The van der Waals surface area contributed by atoms with E-state index in [-0.39, 0.29) is 37.6 Å². The molecule has 3 heterocycles. The molecule has 6 heteroatoms. The van der Waals surface area contributed by atoms with E-state index in [2.05, 4.69) is 161 Å². The Morgan fingerprint density at radius 2 is 1.33 bits per heavy atom. The molecule has 60 heavy (non-hydrogen) atoms. The molecule has 0 aliphatic heterocycles. The first-order valence-corrected chi connectivity index (χ1v) is 20.2. The van der Waals surface area contributed by atoms with E-state index in [0.717, 1.165) is 88.7 Å². The molecule has 0 spiro atoms. The molecule has 3 aromatic heterocycles. The predicted molar refractivity (Wildman–Crippen MR) is 243 cm³/mol. The number of phenols is 1. The second-order valence-electron chi connectivity index (χ2n) is 17.6. The molecule has 0 fully saturated rings. The molecule has 0 bridgehead atoms. The van der Waals surface area contributed by atoms with Gasteiger partial charge in [-0.1, -0.05) is 155 Å². The Balaban J connectivity index is 0.00000462. The Labute approximate surface area is 364 Å². The molecule has 0 amide bonds. The van der Waals surface area contributed by atoms with Crippen molar-refractivity contribution in [2.24, 2.45) is 0 Å². The van der Waals surface area contributed by atoms with E-state index >= 15 is 0 Å². The summed E-state index contributed by atoms with van der Waals surface area (Å²) in [5.74, 6) is 0.927. The zero-order chi connectivity index (χ0) is 40.6. The Bertz CT molecular complexity index is 3240. The molecule has 1 N–H and O–H groups in total. The standard InChI is InChI=1S/C54H44N3O2.Pt/c1-53(2,3)38-29-42(51(58)44(30-38)54(4,5)6)52-56-50-41(22-15-23-46(50)57(52)39-19-11-8-12-20-39)36-26-35(33-16-9-7-10-17-33)27-37(28-36)45-31-48-43(32-55-45)49-40-21-14-13-18-34(40)24-25-47(49)59-48;/h7-27,29-32,58H,1-6H3;/q-1;. The molecule has 0 aliphatic carbocycles. The van der Waals surface area contributed by atoms with Crippen molar-refractivity contribution in [3.63, 3.8) is 0 Å². The largest absolute Gasteiger partial charge is 0.507 e. The Kier molecular flexibility index (Phi) is 9.64. The van der Waals surface area contributed by atoms with Crippen molar-refractivity contribution in [3.8, 4) is 56.3 Å². The Morgan fingerprint density at radius 1 is 0.617 bits per heavy atom. The van der Waals surface area contributed by atoms with Gasteiger partial charge in [-0.05, 0) is 69.1 Å². The number of hydrogen-bond acceptors (Lipinski definition) is 4. The molecule has 0 aliphatic rings. The van der Waals surface area contributed by atoms with Crippen LogP contribution in [0.15, 0.2) is 156 Å². The number of hydrogen-bond donors (Lipinski definition) is 1. The van der Waals surface area contributed by atoms with Gasteiger partial charge in [0.25, 0.3) is 0 Å². The summed E-state index contributed by atoms with van der Waals surface area (Å²) < 4.78 is 8.67. The molecule has 298 valence electrons. The normalized spacial score (nSPS) is 12.1. The fraction of sp³-hybridized carbons (Fsp3) is 0.148. The van der Waals surface area contributed by atoms with Crippen molar-refractivity contribution < 1.29 is 30.6 Å². The second kappa shape index (κ2) is 14.8. The Morgan fingerprint density at radius 3 is 2.08 bits per heavy atom. The third kappa shape index (κ3) is 6.72. The Hall–Kier alpha value is -6.29. The molecule has 5 nitrogen and oxygen atoms in total. The number of benzene rings is 7. The minimum absolute atomic E-state index is 0. The van der Waals surface area contributed by atoms with Crippen molar-refractivity contribution in [1.29, 1.82) is 0 Å². The van der Waals surface area contributed by atoms with Gasteiger partial charge in [-0.2, -0.15) is 0 Å². The van der Waals surface area contributed by atoms with E-state index in [4.69, 9.17) is 14.4 Å². The van der Waals surface area contributed by atoms with Crippen molar-refractivity contribution >= 4 is 43.7 Å². The van der Waals surface area contributed by atoms with Crippen LogP contribution in [0.25, 0.3) is 94.3 Å². The van der Waals surface area contributed by atoms with Crippen LogP contribution in [-0.2, 0) is 31.9 Å². The molecular weight excluding hydrogens is 918 g/mol. The number of imidazole rings is 1. The van der Waals surface area contributed by atoms with Gasteiger partial charge in [0.15, 0.2) is 0 Å². The van der Waals surface area contributed by atoms with Crippen LogP contribution in [0.4, 0.5) is 0 Å². The number of aromatic nitrogens is 3. The summed E-state index contributed by atoms with van der Waals surface area (Å²) in [7, 11) is 0. The summed E-state index contributed by atoms with van der Waals surface area (Å²) in [5, 5.41) is 16.5. The van der Waals surface area contributed by atoms with E-state index in [1.165, 1.54) is 5.39 Å². The van der Waals surface area contributed by atoms with E-state index in [0.29, 0.717) is 11.4 Å². The van der Waals surface area contributed by atoms with Crippen LogP contribution in [0, 0.1) is 6.07 Å². The molecule has 0 unspecified atom stereocenters. The zero-order valence-electron chi connectivity index (χ0n) is 34.4. The van der Waals surface area contributed by atoms with Gasteiger partial charge in [0.1, 0.15) is 22.7 Å². The van der Waals surface area contributed by atoms with Gasteiger partial charge in [-0.25, -0.2) is 4.98 Å². The number of para-hydroxylation sites is 2. The maximum Gasteiger partial charge on any atom is 0.148 e. The number of pyridine rings is 1. The minimum atomic E-state index is -0.300. The molecule has 0 saturated heterocycles. The summed E-state index contributed by atoms with van der Waals surface area (Å²) in [6.07, 6.45) is 1.93. The first-order chi connectivity index (χ1) is 28.4. The smallest absolute Gasteiger partial charge is 0.148 e. The van der Waals surface area contributed by atoms with Gasteiger partial charge in [-0.3, -0.25) is 9.55 Å². The monoisotopic (exact) mass is 961 g/mol. The van der Waals surface area contributed by atoms with E-state index < -0.39 is 0 Å². The molecule has 10 rings (SSSR count). The maximum absolute atomic E-state index is 12.2. The number of aromatic hydroxyl groups is 1. The fourth-order valence-corrected chi connectivity index (χ4v) is 8.38. The topological polar surface area (TPSA) is 64.1 Å². The van der Waals surface area contributed by atoms with Crippen molar-refractivity contribution in [2.45, 2.75) is 52.4 Å². The van der Waals surface area contributed by atoms with Gasteiger partial charge in [0, 0.05) is 55.0 Å². The summed E-state index contributed by atoms with van der Waals surface area (Å²) in [6.45, 7) is 13.1. The molecular formula is C54H44N3O2Pt-. The van der Waals surface area contributed by atoms with Gasteiger partial charge >= 0.3 is 0 Å². The van der Waals surface area contributed by atoms with E-state index in [9.17, 15) is 5.11 Å². The number of furan rings is 1. The van der Waals surface area contributed by atoms with Gasteiger partial charge < -0.3 is 9.52 Å². The van der Waals surface area contributed by atoms with Crippen LogP contribution in [0.5, 0.6) is 5.75 Å². The quantitative estimate of drug-likeness (QED) is 0.175. The van der Waals surface area contributed by atoms with E-state index in [1.54, 1.807) is 0 Å². The third-order valence-electron chi connectivity index (χ3n) is 11.5. The summed E-state index contributed by atoms with van der Waals surface area (Å²) in [4.78, 5) is 10.6. The molecule has 0 atom stereocenters. The van der Waals surface area contributed by atoms with Gasteiger partial charge in [-0.15, -0.1) is 23.8 Å². The molecule has 7 aromatic carbocycles. The average Bonchev–Trinajstić information content (AvgIpc) is 3.82. The predicted octanol–water partition coefficient (Wildman–Crippen LogP) is 14.2. The fourth-order valence-electron chi connectivity index (χ4n) is 8.38. The number of phenolic OH excluding ortho intramolecular Hbond substituents is 1. The van der Waals surface area contributed by atoms with Crippen molar-refractivity contribution in [2.75, 3.05) is 0 Å². The van der Waals surface area contributed by atoms with Crippen LogP contribution < -0.4 is 0 Å². The van der Waals surface area contributed by atoms with E-state index in [1.807, 2.05) is 42.6 Å². The SMILES string of the molecule is CC(C)(C)c1cc(-c2nc3c(-c4[c-]c(-c5cc6oc7ccc8ccccc8c7c6cn5)cc(-c5ccccc5)c4)cccc3n2-c2ccccc2)c(O)c(C(C)(C)C)c1.[Pt]. The van der Waals surface area contributed by atoms with Crippen LogP contribution in [0.3, 0.4) is 0 Å². The molecule has 10 aromatic rings. The minimum Gasteiger partial charge on any atom is -0.507 e. The zero-order valence-corrected chi connectivity index (χ0v) is 36.7. The summed E-state index contributed by atoms with van der Waals surface area (Å²) in [6, 6.07) is 54.0. The van der Waals surface area contributed by atoms with Gasteiger partial charge in [0.05, 0.1) is 16.6 Å². The number of nitrogens with zero attached hydrogens (tertiary/aromatic N) is 3. The van der Waals surface area contributed by atoms with Crippen LogP contribution in [0.2, 0.25) is 0 Å². The number of fused-ring (bicyclic) bond motifs is 6. The summed E-state index contributed by atoms with van der Waals surface area (Å²) >= 11 is 0. The molecule has 0 radical (unpaired) electrons. The van der Waals surface area contributed by atoms with Gasteiger partial charge in [0.2, 0.25) is 0 Å². The summed E-state index contributed by atoms with van der Waals surface area (Å²) in [5.41, 5.74) is 12.1. The first-order valence-electron chi connectivity index (χ1n) is 20.2. The van der Waals surface area contributed by atoms with Crippen LogP contribution in [0.1, 0.15) is 52.7 Å². The molecule has 0 saturated carbocycles. The third-order valence-corrected chi connectivity index (χ3v) is 11.5. The second-order valence-corrected chi connectivity index (χ2v) is 17.6.